The van der Waals surface area contributed by atoms with E-state index in [0.717, 1.165) is 6.54 Å². The Hall–Kier alpha value is -2.21. The molecule has 24 heavy (non-hydrogen) atoms. The Morgan fingerprint density at radius 1 is 1.29 bits per heavy atom. The van der Waals surface area contributed by atoms with Crippen LogP contribution in [-0.2, 0) is 11.3 Å². The van der Waals surface area contributed by atoms with Crippen molar-refractivity contribution in [2.24, 2.45) is 5.92 Å². The molecule has 1 aliphatic rings. The van der Waals surface area contributed by atoms with Gasteiger partial charge in [-0.25, -0.2) is 0 Å². The summed E-state index contributed by atoms with van der Waals surface area (Å²) in [6.45, 7) is 6.31. The summed E-state index contributed by atoms with van der Waals surface area (Å²) in [5, 5.41) is 7.66. The molecule has 0 spiro atoms. The number of carbonyl (C=O) groups excluding carboxylic acids is 1. The normalized spacial score (nSPS) is 16.4. The van der Waals surface area contributed by atoms with Crippen LogP contribution in [0.15, 0.2) is 35.3 Å². The third-order valence-corrected chi connectivity index (χ3v) is 4.47. The van der Waals surface area contributed by atoms with Crippen LogP contribution in [0.2, 0.25) is 0 Å². The fourth-order valence-electron chi connectivity index (χ4n) is 3.24. The third-order valence-electron chi connectivity index (χ3n) is 4.47. The Labute approximate surface area is 141 Å². The lowest BCUT2D eigenvalue weighted by Gasteiger charge is -2.20. The second-order valence-corrected chi connectivity index (χ2v) is 6.60. The van der Waals surface area contributed by atoms with Crippen LogP contribution < -0.4 is 10.7 Å². The highest BCUT2D eigenvalue weighted by Gasteiger charge is 2.15. The lowest BCUT2D eigenvalue weighted by atomic mass is 10.1. The van der Waals surface area contributed by atoms with Crippen LogP contribution in [0.3, 0.4) is 0 Å². The second kappa shape index (κ2) is 7.57. The number of hydrogen-bond donors (Lipinski definition) is 1. The van der Waals surface area contributed by atoms with Gasteiger partial charge in [0.05, 0.1) is 11.7 Å². The molecule has 1 atom stereocenters. The first-order valence-electron chi connectivity index (χ1n) is 8.57. The Balaban J connectivity index is 1.57. The quantitative estimate of drug-likeness (QED) is 0.866. The molecule has 0 unspecified atom stereocenters. The summed E-state index contributed by atoms with van der Waals surface area (Å²) in [4.78, 5) is 26.5. The summed E-state index contributed by atoms with van der Waals surface area (Å²) in [5.41, 5.74) is 0.562. The molecular weight excluding hydrogens is 304 g/mol. The molecule has 1 fully saturated rings. The summed E-state index contributed by atoms with van der Waals surface area (Å²) in [5.74, 6) is 0.343. The van der Waals surface area contributed by atoms with Gasteiger partial charge in [0.15, 0.2) is 0 Å². The number of carbonyl (C=O) groups is 1. The number of rotatable bonds is 6. The SMILES string of the molecule is C[C@@H](CNC(=O)Cn1ncc(=O)c2ccccc21)CN1CCCC1. The molecule has 0 radical (unpaired) electrons. The van der Waals surface area contributed by atoms with Gasteiger partial charge in [-0.3, -0.25) is 14.3 Å². The number of hydrogen-bond acceptors (Lipinski definition) is 4. The zero-order chi connectivity index (χ0) is 16.9. The number of fused-ring (bicyclic) bond motifs is 1. The van der Waals surface area contributed by atoms with Crippen LogP contribution in [0.5, 0.6) is 0 Å². The summed E-state index contributed by atoms with van der Waals surface area (Å²) in [7, 11) is 0. The van der Waals surface area contributed by atoms with Crippen LogP contribution >= 0.6 is 0 Å². The highest BCUT2D eigenvalue weighted by molar-refractivity contribution is 5.81. The minimum Gasteiger partial charge on any atom is -0.354 e. The maximum atomic E-state index is 12.2. The Morgan fingerprint density at radius 3 is 2.83 bits per heavy atom. The lowest BCUT2D eigenvalue weighted by Crippen LogP contribution is -2.36. The first-order chi connectivity index (χ1) is 11.6. The number of nitrogens with one attached hydrogen (secondary N) is 1. The van der Waals surface area contributed by atoms with Gasteiger partial charge in [0.1, 0.15) is 6.54 Å². The maximum absolute atomic E-state index is 12.2. The van der Waals surface area contributed by atoms with Crippen molar-refractivity contribution in [3.05, 3.63) is 40.7 Å². The van der Waals surface area contributed by atoms with Gasteiger partial charge < -0.3 is 10.2 Å². The van der Waals surface area contributed by atoms with Gasteiger partial charge in [-0.15, -0.1) is 0 Å². The standard InChI is InChI=1S/C18H24N4O2/c1-14(12-21-8-4-5-9-21)10-19-18(24)13-22-16-7-3-2-6-15(16)17(23)11-20-22/h2-3,6-7,11,14H,4-5,8-10,12-13H2,1H3,(H,19,24)/t14-/m0/s1. The van der Waals surface area contributed by atoms with E-state index in [2.05, 4.69) is 22.2 Å². The number of benzene rings is 1. The van der Waals surface area contributed by atoms with E-state index >= 15 is 0 Å². The number of likely N-dealkylation sites (tertiary alicyclic amines) is 1. The van der Waals surface area contributed by atoms with Gasteiger partial charge in [0.2, 0.25) is 11.3 Å². The van der Waals surface area contributed by atoms with Crippen molar-refractivity contribution in [3.8, 4) is 0 Å². The maximum Gasteiger partial charge on any atom is 0.241 e. The first kappa shape index (κ1) is 16.6. The van der Waals surface area contributed by atoms with E-state index in [0.29, 0.717) is 23.4 Å². The van der Waals surface area contributed by atoms with Gasteiger partial charge >= 0.3 is 0 Å². The van der Waals surface area contributed by atoms with Crippen LogP contribution in [0, 0.1) is 5.92 Å². The second-order valence-electron chi connectivity index (χ2n) is 6.60. The van der Waals surface area contributed by atoms with Crippen LogP contribution in [-0.4, -0.2) is 46.8 Å². The Morgan fingerprint density at radius 2 is 2.04 bits per heavy atom. The highest BCUT2D eigenvalue weighted by Crippen LogP contribution is 2.10. The summed E-state index contributed by atoms with van der Waals surface area (Å²) >= 11 is 0. The fraction of sp³-hybridized carbons (Fsp3) is 0.500. The molecule has 0 saturated carbocycles. The molecule has 1 amide bonds. The smallest absolute Gasteiger partial charge is 0.241 e. The lowest BCUT2D eigenvalue weighted by molar-refractivity contribution is -0.122. The average molecular weight is 328 g/mol. The van der Waals surface area contributed by atoms with Gasteiger partial charge in [-0.1, -0.05) is 19.1 Å². The van der Waals surface area contributed by atoms with Gasteiger partial charge in [-0.2, -0.15) is 5.10 Å². The number of para-hydroxylation sites is 1. The molecular formula is C18H24N4O2. The predicted octanol–water partition coefficient (Wildman–Crippen LogP) is 1.24. The molecule has 1 N–H and O–H groups in total. The molecule has 128 valence electrons. The molecule has 1 aromatic carbocycles. The summed E-state index contributed by atoms with van der Waals surface area (Å²) in [6.07, 6.45) is 3.83. The van der Waals surface area contributed by atoms with Crippen molar-refractivity contribution in [2.45, 2.75) is 26.3 Å². The van der Waals surface area contributed by atoms with Gasteiger partial charge in [0.25, 0.3) is 0 Å². The first-order valence-corrected chi connectivity index (χ1v) is 8.57. The molecule has 0 bridgehead atoms. The minimum absolute atomic E-state index is 0.0791. The van der Waals surface area contributed by atoms with Crippen LogP contribution in [0.25, 0.3) is 10.9 Å². The van der Waals surface area contributed by atoms with E-state index in [4.69, 9.17) is 0 Å². The highest BCUT2D eigenvalue weighted by atomic mass is 16.2. The monoisotopic (exact) mass is 328 g/mol. The fourth-order valence-corrected chi connectivity index (χ4v) is 3.24. The van der Waals surface area contributed by atoms with Crippen molar-refractivity contribution in [3.63, 3.8) is 0 Å². The van der Waals surface area contributed by atoms with E-state index in [-0.39, 0.29) is 17.9 Å². The zero-order valence-corrected chi connectivity index (χ0v) is 14.1. The van der Waals surface area contributed by atoms with Crippen LogP contribution in [0.1, 0.15) is 19.8 Å². The minimum atomic E-state index is -0.124. The Bertz CT molecular complexity index is 765. The van der Waals surface area contributed by atoms with Crippen molar-refractivity contribution in [2.75, 3.05) is 26.2 Å². The van der Waals surface area contributed by atoms with E-state index in [1.807, 2.05) is 18.2 Å². The summed E-state index contributed by atoms with van der Waals surface area (Å²) < 4.78 is 1.58. The number of amides is 1. The average Bonchev–Trinajstić information content (AvgIpc) is 3.09. The number of aromatic nitrogens is 2. The van der Waals surface area contributed by atoms with Gasteiger partial charge in [-0.05, 0) is 44.0 Å². The molecule has 3 rings (SSSR count). The molecule has 0 aliphatic carbocycles. The molecule has 2 heterocycles. The molecule has 1 aliphatic heterocycles. The van der Waals surface area contributed by atoms with Crippen molar-refractivity contribution < 1.29 is 4.79 Å². The predicted molar refractivity (Wildman–Crippen MR) is 93.9 cm³/mol. The van der Waals surface area contributed by atoms with E-state index in [9.17, 15) is 9.59 Å². The van der Waals surface area contributed by atoms with E-state index in [1.54, 1.807) is 10.7 Å². The molecule has 6 heteroatoms. The van der Waals surface area contributed by atoms with Crippen molar-refractivity contribution in [1.29, 1.82) is 0 Å². The molecule has 6 nitrogen and oxygen atoms in total. The Kier molecular flexibility index (Phi) is 5.25. The summed E-state index contributed by atoms with van der Waals surface area (Å²) in [6, 6.07) is 7.23. The van der Waals surface area contributed by atoms with E-state index < -0.39 is 0 Å². The molecule has 1 aromatic heterocycles. The van der Waals surface area contributed by atoms with Crippen LogP contribution in [0.4, 0.5) is 0 Å². The molecule has 2 aromatic rings. The van der Waals surface area contributed by atoms with Crippen molar-refractivity contribution in [1.82, 2.24) is 20.0 Å². The molecule has 1 saturated heterocycles. The zero-order valence-electron chi connectivity index (χ0n) is 14.1. The third kappa shape index (κ3) is 4.00. The largest absolute Gasteiger partial charge is 0.354 e. The topological polar surface area (TPSA) is 67.2 Å². The van der Waals surface area contributed by atoms with E-state index in [1.165, 1.54) is 32.1 Å². The van der Waals surface area contributed by atoms with Crippen molar-refractivity contribution >= 4 is 16.8 Å². The number of nitrogens with zero attached hydrogens (tertiary/aromatic N) is 3. The van der Waals surface area contributed by atoms with Gasteiger partial charge in [0, 0.05) is 18.5 Å².